The fraction of sp³-hybridized carbons (Fsp3) is 0.304. The number of aryl methyl sites for hydroxylation is 1. The zero-order valence-electron chi connectivity index (χ0n) is 16.9. The van der Waals surface area contributed by atoms with Crippen LogP contribution in [-0.4, -0.2) is 26.8 Å². The predicted octanol–water partition coefficient (Wildman–Crippen LogP) is 3.59. The number of carbonyl (C=O) groups excluding carboxylic acids is 1. The van der Waals surface area contributed by atoms with Crippen LogP contribution in [0.25, 0.3) is 16.6 Å². The van der Waals surface area contributed by atoms with Crippen molar-refractivity contribution in [3.05, 3.63) is 64.4 Å². The molecule has 152 valence electrons. The Balaban J connectivity index is 1.69. The van der Waals surface area contributed by atoms with Crippen molar-refractivity contribution in [1.82, 2.24) is 14.9 Å². The fourth-order valence-electron chi connectivity index (χ4n) is 3.57. The SMILES string of the molecule is Cc1ccccc1-n1c(SCC(=O)N[C@@](C)(C#N)C2CC2)nc2ccccc2c1=O. The maximum atomic E-state index is 13.3. The second-order valence-corrected chi connectivity index (χ2v) is 8.71. The summed E-state index contributed by atoms with van der Waals surface area (Å²) in [7, 11) is 0. The van der Waals surface area contributed by atoms with Crippen molar-refractivity contribution in [1.29, 1.82) is 5.26 Å². The smallest absolute Gasteiger partial charge is 0.266 e. The van der Waals surface area contributed by atoms with E-state index in [4.69, 9.17) is 0 Å². The topological polar surface area (TPSA) is 87.8 Å². The Kier molecular flexibility index (Phi) is 5.35. The Labute approximate surface area is 178 Å². The number of amides is 1. The molecule has 1 saturated carbocycles. The molecule has 1 aliphatic rings. The first-order chi connectivity index (χ1) is 14.4. The van der Waals surface area contributed by atoms with Crippen molar-refractivity contribution in [2.75, 3.05) is 5.75 Å². The number of thioether (sulfide) groups is 1. The minimum Gasteiger partial charge on any atom is -0.337 e. The molecule has 0 unspecified atom stereocenters. The monoisotopic (exact) mass is 418 g/mol. The van der Waals surface area contributed by atoms with Crippen LogP contribution in [0.2, 0.25) is 0 Å². The number of nitrogens with zero attached hydrogens (tertiary/aromatic N) is 3. The minimum atomic E-state index is -0.843. The van der Waals surface area contributed by atoms with Crippen molar-refractivity contribution >= 4 is 28.6 Å². The van der Waals surface area contributed by atoms with E-state index in [-0.39, 0.29) is 23.1 Å². The third-order valence-corrected chi connectivity index (χ3v) is 6.40. The van der Waals surface area contributed by atoms with Crippen LogP contribution >= 0.6 is 11.8 Å². The highest BCUT2D eigenvalue weighted by molar-refractivity contribution is 7.99. The third kappa shape index (κ3) is 3.83. The molecule has 6 nitrogen and oxygen atoms in total. The molecular formula is C23H22N4O2S. The van der Waals surface area contributed by atoms with Crippen LogP contribution < -0.4 is 10.9 Å². The number of para-hydroxylation sites is 2. The predicted molar refractivity (Wildman–Crippen MR) is 118 cm³/mol. The molecule has 2 aromatic carbocycles. The van der Waals surface area contributed by atoms with Gasteiger partial charge in [0, 0.05) is 0 Å². The van der Waals surface area contributed by atoms with Gasteiger partial charge in [0.05, 0.1) is 28.4 Å². The molecule has 0 radical (unpaired) electrons. The van der Waals surface area contributed by atoms with E-state index in [0.717, 1.165) is 24.1 Å². The standard InChI is InChI=1S/C23H22N4O2S/c1-15-7-3-6-10-19(15)27-21(29)17-8-4-5-9-18(17)25-22(27)30-13-20(28)26-23(2,14-24)16-11-12-16/h3-10,16H,11-13H2,1-2H3,(H,26,28)/t23-/m0/s1. The molecule has 1 aliphatic carbocycles. The van der Waals surface area contributed by atoms with E-state index >= 15 is 0 Å². The van der Waals surface area contributed by atoms with E-state index in [1.165, 1.54) is 11.8 Å². The van der Waals surface area contributed by atoms with Crippen molar-refractivity contribution < 1.29 is 4.79 Å². The summed E-state index contributed by atoms with van der Waals surface area (Å²) in [6.45, 7) is 3.71. The second kappa shape index (κ2) is 7.96. The zero-order valence-corrected chi connectivity index (χ0v) is 17.7. The summed E-state index contributed by atoms with van der Waals surface area (Å²) in [4.78, 5) is 30.5. The quantitative estimate of drug-likeness (QED) is 0.488. The molecule has 1 amide bonds. The molecule has 1 atom stereocenters. The molecule has 0 aliphatic heterocycles. The largest absolute Gasteiger partial charge is 0.337 e. The minimum absolute atomic E-state index is 0.0701. The first kappa shape index (κ1) is 20.2. The zero-order chi connectivity index (χ0) is 21.3. The van der Waals surface area contributed by atoms with Crippen molar-refractivity contribution in [3.63, 3.8) is 0 Å². The first-order valence-corrected chi connectivity index (χ1v) is 10.8. The molecule has 1 heterocycles. The summed E-state index contributed by atoms with van der Waals surface area (Å²) in [5, 5.41) is 13.3. The van der Waals surface area contributed by atoms with E-state index in [0.29, 0.717) is 16.1 Å². The molecule has 1 N–H and O–H groups in total. The average Bonchev–Trinajstić information content (AvgIpc) is 3.59. The molecular weight excluding hydrogens is 396 g/mol. The van der Waals surface area contributed by atoms with Gasteiger partial charge < -0.3 is 5.32 Å². The summed E-state index contributed by atoms with van der Waals surface area (Å²) < 4.78 is 1.57. The van der Waals surface area contributed by atoms with Crippen LogP contribution in [-0.2, 0) is 4.79 Å². The Bertz CT molecular complexity index is 1230. The first-order valence-electron chi connectivity index (χ1n) is 9.86. The number of hydrogen-bond donors (Lipinski definition) is 1. The highest BCUT2D eigenvalue weighted by Crippen LogP contribution is 2.39. The van der Waals surface area contributed by atoms with Gasteiger partial charge in [-0.25, -0.2) is 4.98 Å². The van der Waals surface area contributed by atoms with Crippen LogP contribution in [0.1, 0.15) is 25.3 Å². The molecule has 1 aromatic heterocycles. The van der Waals surface area contributed by atoms with Crippen LogP contribution in [0, 0.1) is 24.2 Å². The highest BCUT2D eigenvalue weighted by atomic mass is 32.2. The van der Waals surface area contributed by atoms with Gasteiger partial charge in [-0.05, 0) is 56.4 Å². The second-order valence-electron chi connectivity index (χ2n) is 7.76. The molecule has 3 aromatic rings. The summed E-state index contributed by atoms with van der Waals surface area (Å²) in [6.07, 6.45) is 1.91. The Morgan fingerprint density at radius 1 is 1.27 bits per heavy atom. The van der Waals surface area contributed by atoms with Gasteiger partial charge in [-0.1, -0.05) is 42.1 Å². The number of rotatable bonds is 6. The molecule has 7 heteroatoms. The van der Waals surface area contributed by atoms with Gasteiger partial charge in [0.15, 0.2) is 5.16 Å². The lowest BCUT2D eigenvalue weighted by Gasteiger charge is -2.22. The van der Waals surface area contributed by atoms with E-state index in [1.54, 1.807) is 23.6 Å². The lowest BCUT2D eigenvalue weighted by molar-refractivity contribution is -0.119. The maximum absolute atomic E-state index is 13.3. The molecule has 0 saturated heterocycles. The molecule has 0 bridgehead atoms. The number of hydrogen-bond acceptors (Lipinski definition) is 5. The molecule has 4 rings (SSSR count). The van der Waals surface area contributed by atoms with E-state index in [2.05, 4.69) is 16.4 Å². The maximum Gasteiger partial charge on any atom is 0.266 e. The van der Waals surface area contributed by atoms with Crippen molar-refractivity contribution in [2.24, 2.45) is 5.92 Å². The van der Waals surface area contributed by atoms with Crippen molar-refractivity contribution in [3.8, 4) is 11.8 Å². The van der Waals surface area contributed by atoms with Gasteiger partial charge in [0.1, 0.15) is 5.54 Å². The lowest BCUT2D eigenvalue weighted by atomic mass is 9.98. The molecule has 1 fully saturated rings. The van der Waals surface area contributed by atoms with E-state index in [9.17, 15) is 14.9 Å². The summed E-state index contributed by atoms with van der Waals surface area (Å²) in [5.74, 6) is 0.0378. The van der Waals surface area contributed by atoms with Crippen molar-refractivity contribution in [2.45, 2.75) is 37.4 Å². The van der Waals surface area contributed by atoms with Gasteiger partial charge in [0.2, 0.25) is 5.91 Å². The highest BCUT2D eigenvalue weighted by Gasteiger charge is 2.43. The van der Waals surface area contributed by atoms with Gasteiger partial charge >= 0.3 is 0 Å². The number of nitrogens with one attached hydrogen (secondary N) is 1. The Morgan fingerprint density at radius 3 is 2.67 bits per heavy atom. The number of aromatic nitrogens is 2. The van der Waals surface area contributed by atoms with Crippen LogP contribution in [0.5, 0.6) is 0 Å². The van der Waals surface area contributed by atoms with Gasteiger partial charge in [-0.2, -0.15) is 5.26 Å². The molecule has 0 spiro atoms. The van der Waals surface area contributed by atoms with Crippen LogP contribution in [0.15, 0.2) is 58.5 Å². The van der Waals surface area contributed by atoms with Gasteiger partial charge in [-0.15, -0.1) is 0 Å². The number of fused-ring (bicyclic) bond motifs is 1. The average molecular weight is 419 g/mol. The normalized spacial score (nSPS) is 15.4. The lowest BCUT2D eigenvalue weighted by Crippen LogP contribution is -2.47. The third-order valence-electron chi connectivity index (χ3n) is 5.46. The fourth-order valence-corrected chi connectivity index (χ4v) is 4.38. The van der Waals surface area contributed by atoms with Gasteiger partial charge in [-0.3, -0.25) is 14.2 Å². The summed E-state index contributed by atoms with van der Waals surface area (Å²) in [5.41, 5.74) is 1.26. The molecule has 30 heavy (non-hydrogen) atoms. The summed E-state index contributed by atoms with van der Waals surface area (Å²) in [6, 6.07) is 17.0. The number of nitriles is 1. The number of carbonyl (C=O) groups is 1. The van der Waals surface area contributed by atoms with Crippen LogP contribution in [0.3, 0.4) is 0 Å². The van der Waals surface area contributed by atoms with E-state index in [1.807, 2.05) is 43.3 Å². The Morgan fingerprint density at radius 2 is 1.97 bits per heavy atom. The van der Waals surface area contributed by atoms with E-state index < -0.39 is 5.54 Å². The Hall–Kier alpha value is -3.11. The number of benzene rings is 2. The van der Waals surface area contributed by atoms with Crippen LogP contribution in [0.4, 0.5) is 0 Å². The summed E-state index contributed by atoms with van der Waals surface area (Å²) >= 11 is 1.20. The van der Waals surface area contributed by atoms with Gasteiger partial charge in [0.25, 0.3) is 5.56 Å².